The summed E-state index contributed by atoms with van der Waals surface area (Å²) in [4.78, 5) is 0. The number of hydrogen-bond acceptors (Lipinski definition) is 2. The van der Waals surface area contributed by atoms with Crippen molar-refractivity contribution in [2.75, 3.05) is 6.26 Å². The lowest BCUT2D eigenvalue weighted by Crippen LogP contribution is -2.29. The first-order valence-corrected chi connectivity index (χ1v) is 7.90. The fourth-order valence-electron chi connectivity index (χ4n) is 2.53. The minimum atomic E-state index is 0.388. The van der Waals surface area contributed by atoms with Crippen LogP contribution in [0.15, 0.2) is 24.3 Å². The maximum atomic E-state index is 6.02. The summed E-state index contributed by atoms with van der Waals surface area (Å²) in [5, 5.41) is 5.38. The van der Waals surface area contributed by atoms with E-state index in [1.165, 1.54) is 24.8 Å². The van der Waals surface area contributed by atoms with Gasteiger partial charge in [-0.3, -0.25) is 0 Å². The Hall–Kier alpha value is -0.180. The molecule has 0 heterocycles. The van der Waals surface area contributed by atoms with E-state index in [0.717, 1.165) is 10.3 Å². The van der Waals surface area contributed by atoms with Crippen molar-refractivity contribution in [2.45, 2.75) is 43.5 Å². The highest BCUT2D eigenvalue weighted by Crippen LogP contribution is 2.30. The van der Waals surface area contributed by atoms with E-state index in [4.69, 9.17) is 11.6 Å². The minimum absolute atomic E-state index is 0.388. The van der Waals surface area contributed by atoms with Crippen LogP contribution in [-0.2, 0) is 0 Å². The Morgan fingerprint density at radius 1 is 1.41 bits per heavy atom. The molecule has 1 aromatic rings. The molecule has 2 rings (SSSR count). The summed E-state index contributed by atoms with van der Waals surface area (Å²) in [6, 6.07) is 9.21. The van der Waals surface area contributed by atoms with Gasteiger partial charge < -0.3 is 5.32 Å². The van der Waals surface area contributed by atoms with Crippen molar-refractivity contribution in [1.29, 1.82) is 0 Å². The van der Waals surface area contributed by atoms with Gasteiger partial charge in [0, 0.05) is 22.4 Å². The molecule has 0 bridgehead atoms. The average molecular weight is 270 g/mol. The quantitative estimate of drug-likeness (QED) is 0.876. The van der Waals surface area contributed by atoms with Gasteiger partial charge in [-0.25, -0.2) is 0 Å². The fourth-order valence-corrected chi connectivity index (χ4v) is 3.53. The van der Waals surface area contributed by atoms with Crippen LogP contribution in [0, 0.1) is 0 Å². The molecule has 1 saturated carbocycles. The molecule has 3 unspecified atom stereocenters. The van der Waals surface area contributed by atoms with Gasteiger partial charge in [0.05, 0.1) is 0 Å². The Morgan fingerprint density at radius 3 is 2.88 bits per heavy atom. The molecule has 1 N–H and O–H groups in total. The Labute approximate surface area is 113 Å². The molecule has 94 valence electrons. The van der Waals surface area contributed by atoms with E-state index < -0.39 is 0 Å². The van der Waals surface area contributed by atoms with Crippen molar-refractivity contribution >= 4 is 23.4 Å². The van der Waals surface area contributed by atoms with Gasteiger partial charge in [-0.2, -0.15) is 11.8 Å². The molecule has 1 aromatic carbocycles. The molecule has 0 spiro atoms. The first-order valence-electron chi connectivity index (χ1n) is 6.23. The molecule has 1 aliphatic carbocycles. The van der Waals surface area contributed by atoms with E-state index in [2.05, 4.69) is 30.6 Å². The molecule has 0 radical (unpaired) electrons. The second-order valence-electron chi connectivity index (χ2n) is 4.81. The van der Waals surface area contributed by atoms with Crippen molar-refractivity contribution in [3.63, 3.8) is 0 Å². The van der Waals surface area contributed by atoms with Gasteiger partial charge in [-0.15, -0.1) is 0 Å². The third kappa shape index (κ3) is 3.64. The summed E-state index contributed by atoms with van der Waals surface area (Å²) < 4.78 is 0. The topological polar surface area (TPSA) is 12.0 Å². The van der Waals surface area contributed by atoms with Crippen LogP contribution in [-0.4, -0.2) is 17.5 Å². The van der Waals surface area contributed by atoms with Gasteiger partial charge >= 0.3 is 0 Å². The van der Waals surface area contributed by atoms with Crippen LogP contribution in [0.1, 0.15) is 37.8 Å². The van der Waals surface area contributed by atoms with Gasteiger partial charge in [-0.1, -0.05) is 23.7 Å². The summed E-state index contributed by atoms with van der Waals surface area (Å²) in [7, 11) is 0. The number of benzene rings is 1. The van der Waals surface area contributed by atoms with Crippen LogP contribution >= 0.6 is 23.4 Å². The number of nitrogens with one attached hydrogen (secondary N) is 1. The lowest BCUT2D eigenvalue weighted by Gasteiger charge is -2.20. The first-order chi connectivity index (χ1) is 8.19. The maximum Gasteiger partial charge on any atom is 0.0409 e. The van der Waals surface area contributed by atoms with Crippen LogP contribution in [0.4, 0.5) is 0 Å². The molecule has 0 saturated heterocycles. The van der Waals surface area contributed by atoms with E-state index in [1.807, 2.05) is 23.9 Å². The van der Waals surface area contributed by atoms with Crippen LogP contribution in [0.5, 0.6) is 0 Å². The first kappa shape index (κ1) is 13.3. The van der Waals surface area contributed by atoms with Gasteiger partial charge in [0.25, 0.3) is 0 Å². The van der Waals surface area contributed by atoms with Crippen molar-refractivity contribution in [2.24, 2.45) is 0 Å². The average Bonchev–Trinajstić information content (AvgIpc) is 2.77. The largest absolute Gasteiger partial charge is 0.307 e. The summed E-state index contributed by atoms with van der Waals surface area (Å²) in [6.07, 6.45) is 6.16. The lowest BCUT2D eigenvalue weighted by molar-refractivity contribution is 0.462. The van der Waals surface area contributed by atoms with Crippen molar-refractivity contribution in [1.82, 2.24) is 5.32 Å². The molecule has 0 aliphatic heterocycles. The van der Waals surface area contributed by atoms with Gasteiger partial charge in [0.2, 0.25) is 0 Å². The number of hydrogen-bond donors (Lipinski definition) is 1. The van der Waals surface area contributed by atoms with E-state index in [-0.39, 0.29) is 0 Å². The number of rotatable bonds is 4. The zero-order valence-electron chi connectivity index (χ0n) is 10.4. The number of thioether (sulfide) groups is 1. The van der Waals surface area contributed by atoms with Crippen LogP contribution in [0.2, 0.25) is 5.02 Å². The van der Waals surface area contributed by atoms with E-state index in [9.17, 15) is 0 Å². The zero-order chi connectivity index (χ0) is 12.3. The second kappa shape index (κ2) is 6.12. The highest BCUT2D eigenvalue weighted by molar-refractivity contribution is 7.99. The summed E-state index contributed by atoms with van der Waals surface area (Å²) >= 11 is 8.02. The fraction of sp³-hybridized carbons (Fsp3) is 0.571. The smallest absolute Gasteiger partial charge is 0.0409 e. The minimum Gasteiger partial charge on any atom is -0.307 e. The Morgan fingerprint density at radius 2 is 2.24 bits per heavy atom. The molecular weight excluding hydrogens is 250 g/mol. The maximum absolute atomic E-state index is 6.02. The van der Waals surface area contributed by atoms with Crippen molar-refractivity contribution in [3.05, 3.63) is 34.9 Å². The molecule has 1 fully saturated rings. The van der Waals surface area contributed by atoms with E-state index >= 15 is 0 Å². The summed E-state index contributed by atoms with van der Waals surface area (Å²) in [5.41, 5.74) is 1.28. The summed E-state index contributed by atoms with van der Waals surface area (Å²) in [6.45, 7) is 2.22. The van der Waals surface area contributed by atoms with Gasteiger partial charge in [-0.05, 0) is 50.1 Å². The monoisotopic (exact) mass is 269 g/mol. The highest BCUT2D eigenvalue weighted by atomic mass is 35.5. The molecule has 17 heavy (non-hydrogen) atoms. The van der Waals surface area contributed by atoms with Crippen molar-refractivity contribution < 1.29 is 0 Å². The van der Waals surface area contributed by atoms with Gasteiger partial charge in [0.15, 0.2) is 0 Å². The lowest BCUT2D eigenvalue weighted by atomic mass is 10.1. The van der Waals surface area contributed by atoms with Crippen LogP contribution < -0.4 is 5.32 Å². The SMILES string of the molecule is CSC1CCC(NC(C)c2cccc(Cl)c2)C1. The normalized spacial score (nSPS) is 26.1. The second-order valence-corrected chi connectivity index (χ2v) is 6.39. The molecular formula is C14H20ClNS. The van der Waals surface area contributed by atoms with Crippen LogP contribution in [0.3, 0.4) is 0 Å². The van der Waals surface area contributed by atoms with Gasteiger partial charge in [0.1, 0.15) is 0 Å². The summed E-state index contributed by atoms with van der Waals surface area (Å²) in [5.74, 6) is 0. The molecule has 1 aliphatic rings. The Bertz CT molecular complexity index is 369. The standard InChI is InChI=1S/C14H20ClNS/c1-10(11-4-3-5-12(15)8-11)16-13-6-7-14(9-13)17-2/h3-5,8,10,13-14,16H,6-7,9H2,1-2H3. The molecule has 3 atom stereocenters. The van der Waals surface area contributed by atoms with E-state index in [0.29, 0.717) is 12.1 Å². The Kier molecular flexibility index (Phi) is 4.78. The molecule has 0 amide bonds. The van der Waals surface area contributed by atoms with E-state index in [1.54, 1.807) is 0 Å². The third-order valence-corrected chi connectivity index (χ3v) is 4.88. The number of halogens is 1. The molecule has 3 heteroatoms. The third-order valence-electron chi connectivity index (χ3n) is 3.55. The highest BCUT2D eigenvalue weighted by Gasteiger charge is 2.24. The Balaban J connectivity index is 1.91. The zero-order valence-corrected chi connectivity index (χ0v) is 12.0. The van der Waals surface area contributed by atoms with Crippen LogP contribution in [0.25, 0.3) is 0 Å². The molecule has 0 aromatic heterocycles. The molecule has 1 nitrogen and oxygen atoms in total. The predicted molar refractivity (Wildman–Crippen MR) is 77.9 cm³/mol. The predicted octanol–water partition coefficient (Wildman–Crippen LogP) is 4.27. The van der Waals surface area contributed by atoms with Crippen molar-refractivity contribution in [3.8, 4) is 0 Å².